The Morgan fingerprint density at radius 2 is 2.00 bits per heavy atom. The molecule has 106 valence electrons. The van der Waals surface area contributed by atoms with Gasteiger partial charge in [-0.15, -0.1) is 0 Å². The van der Waals surface area contributed by atoms with Gasteiger partial charge in [0.25, 0.3) is 0 Å². The van der Waals surface area contributed by atoms with Crippen LogP contribution in [-0.4, -0.2) is 13.1 Å². The van der Waals surface area contributed by atoms with Crippen molar-refractivity contribution in [1.29, 1.82) is 0 Å². The summed E-state index contributed by atoms with van der Waals surface area (Å²) in [6, 6.07) is 11.1. The average molecular weight is 259 g/mol. The van der Waals surface area contributed by atoms with Crippen molar-refractivity contribution in [2.45, 2.75) is 46.5 Å². The molecule has 0 saturated carbocycles. The van der Waals surface area contributed by atoms with E-state index in [0.29, 0.717) is 5.41 Å². The fourth-order valence-electron chi connectivity index (χ4n) is 3.76. The van der Waals surface area contributed by atoms with Crippen LogP contribution in [0.1, 0.15) is 45.6 Å². The first-order valence-corrected chi connectivity index (χ1v) is 7.91. The first-order chi connectivity index (χ1) is 9.16. The molecule has 0 radical (unpaired) electrons. The van der Waals surface area contributed by atoms with Crippen LogP contribution in [0.15, 0.2) is 30.3 Å². The standard InChI is InChI=1S/C18H29N/c1-4-18(13-16-8-6-5-7-9-16)10-11-19-14-17(18)12-15(2)3/h5-9,15,17,19H,4,10-14H2,1-3H3. The number of piperidine rings is 1. The van der Waals surface area contributed by atoms with Gasteiger partial charge < -0.3 is 5.32 Å². The van der Waals surface area contributed by atoms with Crippen LogP contribution in [0.25, 0.3) is 0 Å². The van der Waals surface area contributed by atoms with Crippen molar-refractivity contribution in [3.05, 3.63) is 35.9 Å². The Morgan fingerprint density at radius 3 is 2.63 bits per heavy atom. The Bertz CT molecular complexity index is 371. The zero-order valence-electron chi connectivity index (χ0n) is 12.8. The van der Waals surface area contributed by atoms with Gasteiger partial charge in [0, 0.05) is 0 Å². The minimum atomic E-state index is 0.511. The average Bonchev–Trinajstić information content (AvgIpc) is 2.42. The third kappa shape index (κ3) is 3.60. The summed E-state index contributed by atoms with van der Waals surface area (Å²) in [6.45, 7) is 9.50. The van der Waals surface area contributed by atoms with Crippen LogP contribution < -0.4 is 5.32 Å². The summed E-state index contributed by atoms with van der Waals surface area (Å²) in [5.41, 5.74) is 2.02. The van der Waals surface area contributed by atoms with Gasteiger partial charge >= 0.3 is 0 Å². The van der Waals surface area contributed by atoms with Gasteiger partial charge in [0.1, 0.15) is 0 Å². The van der Waals surface area contributed by atoms with Gasteiger partial charge in [-0.05, 0) is 61.6 Å². The monoisotopic (exact) mass is 259 g/mol. The van der Waals surface area contributed by atoms with Crippen molar-refractivity contribution in [1.82, 2.24) is 5.32 Å². The predicted molar refractivity (Wildman–Crippen MR) is 83.3 cm³/mol. The quantitative estimate of drug-likeness (QED) is 0.832. The van der Waals surface area contributed by atoms with Crippen LogP contribution in [0.3, 0.4) is 0 Å². The molecule has 2 unspecified atom stereocenters. The van der Waals surface area contributed by atoms with Gasteiger partial charge in [-0.25, -0.2) is 0 Å². The highest BCUT2D eigenvalue weighted by Gasteiger charge is 2.39. The number of rotatable bonds is 5. The largest absolute Gasteiger partial charge is 0.316 e. The second-order valence-electron chi connectivity index (χ2n) is 6.66. The van der Waals surface area contributed by atoms with Crippen LogP contribution in [0.5, 0.6) is 0 Å². The normalized spacial score (nSPS) is 27.7. The molecular weight excluding hydrogens is 230 g/mol. The highest BCUT2D eigenvalue weighted by molar-refractivity contribution is 5.17. The summed E-state index contributed by atoms with van der Waals surface area (Å²) in [4.78, 5) is 0. The lowest BCUT2D eigenvalue weighted by Gasteiger charge is -2.45. The fourth-order valence-corrected chi connectivity index (χ4v) is 3.76. The third-order valence-electron chi connectivity index (χ3n) is 4.92. The minimum Gasteiger partial charge on any atom is -0.316 e. The van der Waals surface area contributed by atoms with E-state index in [1.54, 1.807) is 0 Å². The zero-order valence-corrected chi connectivity index (χ0v) is 12.8. The number of hydrogen-bond acceptors (Lipinski definition) is 1. The van der Waals surface area contributed by atoms with Crippen LogP contribution in [0.4, 0.5) is 0 Å². The molecule has 0 bridgehead atoms. The molecule has 1 saturated heterocycles. The molecule has 1 heterocycles. The number of benzene rings is 1. The van der Waals surface area contributed by atoms with Crippen molar-refractivity contribution in [2.24, 2.45) is 17.3 Å². The third-order valence-corrected chi connectivity index (χ3v) is 4.92. The minimum absolute atomic E-state index is 0.511. The highest BCUT2D eigenvalue weighted by Crippen LogP contribution is 2.43. The van der Waals surface area contributed by atoms with Crippen molar-refractivity contribution in [2.75, 3.05) is 13.1 Å². The van der Waals surface area contributed by atoms with E-state index >= 15 is 0 Å². The lowest BCUT2D eigenvalue weighted by Crippen LogP contribution is -2.46. The second-order valence-corrected chi connectivity index (χ2v) is 6.66. The van der Waals surface area contributed by atoms with E-state index in [1.165, 1.54) is 44.3 Å². The molecule has 1 nitrogen and oxygen atoms in total. The predicted octanol–water partition coefficient (Wildman–Crippen LogP) is 4.28. The molecule has 0 amide bonds. The molecule has 0 spiro atoms. The number of nitrogens with one attached hydrogen (secondary N) is 1. The maximum atomic E-state index is 3.62. The van der Waals surface area contributed by atoms with E-state index in [-0.39, 0.29) is 0 Å². The van der Waals surface area contributed by atoms with Gasteiger partial charge in [-0.3, -0.25) is 0 Å². The van der Waals surface area contributed by atoms with Gasteiger partial charge in [-0.1, -0.05) is 51.1 Å². The molecule has 2 atom stereocenters. The maximum absolute atomic E-state index is 3.62. The summed E-state index contributed by atoms with van der Waals surface area (Å²) in [6.07, 6.45) is 5.24. The second kappa shape index (κ2) is 6.56. The fraction of sp³-hybridized carbons (Fsp3) is 0.667. The molecule has 1 fully saturated rings. The van der Waals surface area contributed by atoms with Crippen LogP contribution in [0, 0.1) is 17.3 Å². The summed E-state index contributed by atoms with van der Waals surface area (Å²) >= 11 is 0. The Hall–Kier alpha value is -0.820. The van der Waals surface area contributed by atoms with E-state index in [2.05, 4.69) is 56.4 Å². The van der Waals surface area contributed by atoms with Gasteiger partial charge in [0.15, 0.2) is 0 Å². The first-order valence-electron chi connectivity index (χ1n) is 7.91. The van der Waals surface area contributed by atoms with Gasteiger partial charge in [-0.2, -0.15) is 0 Å². The molecule has 1 aromatic rings. The molecule has 1 aliphatic heterocycles. The molecule has 0 aromatic heterocycles. The Balaban J connectivity index is 2.17. The van der Waals surface area contributed by atoms with E-state index in [1.807, 2.05) is 0 Å². The Kier molecular flexibility index (Phi) is 5.04. The maximum Gasteiger partial charge on any atom is -0.00150 e. The van der Waals surface area contributed by atoms with Crippen LogP contribution >= 0.6 is 0 Å². The van der Waals surface area contributed by atoms with E-state index in [4.69, 9.17) is 0 Å². The lowest BCUT2D eigenvalue weighted by molar-refractivity contribution is 0.0838. The molecule has 2 rings (SSSR count). The topological polar surface area (TPSA) is 12.0 Å². The van der Waals surface area contributed by atoms with Gasteiger partial charge in [0.05, 0.1) is 0 Å². The Labute approximate surface area is 118 Å². The number of hydrogen-bond donors (Lipinski definition) is 1. The first kappa shape index (κ1) is 14.6. The molecule has 19 heavy (non-hydrogen) atoms. The smallest absolute Gasteiger partial charge is 0.00150 e. The molecule has 1 aromatic carbocycles. The summed E-state index contributed by atoms with van der Waals surface area (Å²) < 4.78 is 0. The molecule has 1 aliphatic rings. The summed E-state index contributed by atoms with van der Waals surface area (Å²) in [7, 11) is 0. The lowest BCUT2D eigenvalue weighted by atomic mass is 9.63. The van der Waals surface area contributed by atoms with Crippen molar-refractivity contribution < 1.29 is 0 Å². The highest BCUT2D eigenvalue weighted by atomic mass is 14.9. The van der Waals surface area contributed by atoms with Crippen molar-refractivity contribution in [3.8, 4) is 0 Å². The van der Waals surface area contributed by atoms with Crippen molar-refractivity contribution in [3.63, 3.8) is 0 Å². The summed E-state index contributed by atoms with van der Waals surface area (Å²) in [5, 5.41) is 3.62. The molecule has 1 heteroatoms. The van der Waals surface area contributed by atoms with Crippen LogP contribution in [0.2, 0.25) is 0 Å². The van der Waals surface area contributed by atoms with E-state index < -0.39 is 0 Å². The molecule has 1 N–H and O–H groups in total. The SMILES string of the molecule is CCC1(Cc2ccccc2)CCNCC1CC(C)C. The van der Waals surface area contributed by atoms with E-state index in [0.717, 1.165) is 11.8 Å². The summed E-state index contributed by atoms with van der Waals surface area (Å²) in [5.74, 6) is 1.62. The van der Waals surface area contributed by atoms with Crippen molar-refractivity contribution >= 4 is 0 Å². The van der Waals surface area contributed by atoms with Crippen LogP contribution in [-0.2, 0) is 6.42 Å². The molecule has 0 aliphatic carbocycles. The Morgan fingerprint density at radius 1 is 1.26 bits per heavy atom. The van der Waals surface area contributed by atoms with E-state index in [9.17, 15) is 0 Å². The van der Waals surface area contributed by atoms with Gasteiger partial charge in [0.2, 0.25) is 0 Å². The molecular formula is C18H29N. The zero-order chi connectivity index (χ0) is 13.7.